The number of piperazine rings is 1. The van der Waals surface area contributed by atoms with E-state index in [1.807, 2.05) is 15.5 Å². The number of benzene rings is 1. The lowest BCUT2D eigenvalue weighted by atomic mass is 10.1. The molecule has 1 amide bonds. The van der Waals surface area contributed by atoms with E-state index in [-0.39, 0.29) is 23.1 Å². The molecule has 1 aromatic carbocycles. The molecule has 0 unspecified atom stereocenters. The third-order valence-corrected chi connectivity index (χ3v) is 5.31. The van der Waals surface area contributed by atoms with E-state index in [1.165, 1.54) is 6.07 Å². The van der Waals surface area contributed by atoms with E-state index >= 15 is 0 Å². The van der Waals surface area contributed by atoms with Crippen molar-refractivity contribution in [2.24, 2.45) is 0 Å². The molecule has 2 aliphatic rings. The number of carbonyl (C=O) groups is 1. The van der Waals surface area contributed by atoms with Crippen LogP contribution in [0.1, 0.15) is 31.4 Å². The van der Waals surface area contributed by atoms with Crippen molar-refractivity contribution in [1.82, 2.24) is 9.47 Å². The number of hydrogen-bond donors (Lipinski definition) is 0. The Kier molecular flexibility index (Phi) is 4.67. The van der Waals surface area contributed by atoms with Crippen LogP contribution in [0.4, 0.5) is 14.9 Å². The van der Waals surface area contributed by atoms with E-state index < -0.39 is 11.2 Å². The topological polar surface area (TPSA) is 78.6 Å². The van der Waals surface area contributed by atoms with E-state index in [0.29, 0.717) is 44.0 Å². The molecule has 1 saturated carbocycles. The molecule has 146 valence electrons. The highest BCUT2D eigenvalue weighted by atomic mass is 19.1. The minimum absolute atomic E-state index is 0.0367. The van der Waals surface area contributed by atoms with Gasteiger partial charge in [0.05, 0.1) is 23.2 Å². The zero-order chi connectivity index (χ0) is 19.8. The Labute approximate surface area is 161 Å². The number of aromatic nitrogens is 1. The summed E-state index contributed by atoms with van der Waals surface area (Å²) < 4.78 is 21.8. The molecule has 4 rings (SSSR count). The van der Waals surface area contributed by atoms with Crippen molar-refractivity contribution in [1.29, 1.82) is 5.26 Å². The Morgan fingerprint density at radius 3 is 2.61 bits per heavy atom. The van der Waals surface area contributed by atoms with Crippen LogP contribution in [0.2, 0.25) is 0 Å². The molecule has 0 N–H and O–H groups in total. The average molecular weight is 384 g/mol. The predicted octanol–water partition coefficient (Wildman–Crippen LogP) is 2.63. The second-order valence-corrected chi connectivity index (χ2v) is 7.12. The summed E-state index contributed by atoms with van der Waals surface area (Å²) in [5, 5.41) is 9.47. The number of anilines is 1. The van der Waals surface area contributed by atoms with Crippen LogP contribution in [-0.2, 0) is 4.74 Å². The number of rotatable bonds is 3. The van der Waals surface area contributed by atoms with Crippen LogP contribution in [0.25, 0.3) is 10.9 Å². The van der Waals surface area contributed by atoms with Crippen LogP contribution in [0, 0.1) is 17.1 Å². The van der Waals surface area contributed by atoms with Gasteiger partial charge in [0, 0.05) is 38.4 Å². The van der Waals surface area contributed by atoms with Crippen LogP contribution >= 0.6 is 0 Å². The van der Waals surface area contributed by atoms with Crippen LogP contribution in [0.5, 0.6) is 0 Å². The third-order valence-electron chi connectivity index (χ3n) is 5.31. The lowest BCUT2D eigenvalue weighted by Gasteiger charge is -2.35. The summed E-state index contributed by atoms with van der Waals surface area (Å²) in [6.07, 6.45) is 3.19. The van der Waals surface area contributed by atoms with Gasteiger partial charge in [0.15, 0.2) is 0 Å². The van der Waals surface area contributed by atoms with Gasteiger partial charge in [-0.1, -0.05) is 0 Å². The van der Waals surface area contributed by atoms with Crippen LogP contribution in [0.3, 0.4) is 0 Å². The number of carbonyl (C=O) groups excluding carboxylic acids is 1. The monoisotopic (exact) mass is 384 g/mol. The van der Waals surface area contributed by atoms with Crippen LogP contribution in [0.15, 0.2) is 23.1 Å². The fourth-order valence-electron chi connectivity index (χ4n) is 3.68. The molecule has 28 heavy (non-hydrogen) atoms. The van der Waals surface area contributed by atoms with Crippen LogP contribution < -0.4 is 10.3 Å². The third kappa shape index (κ3) is 3.17. The smallest absolute Gasteiger partial charge is 0.409 e. The van der Waals surface area contributed by atoms with Crippen molar-refractivity contribution >= 4 is 22.7 Å². The maximum Gasteiger partial charge on any atom is 0.409 e. The van der Waals surface area contributed by atoms with Gasteiger partial charge in [0.2, 0.25) is 5.43 Å². The summed E-state index contributed by atoms with van der Waals surface area (Å²) in [7, 11) is 0. The van der Waals surface area contributed by atoms with Crippen molar-refractivity contribution < 1.29 is 13.9 Å². The summed E-state index contributed by atoms with van der Waals surface area (Å²) >= 11 is 0. The maximum absolute atomic E-state index is 14.9. The lowest BCUT2D eigenvalue weighted by molar-refractivity contribution is 0.105. The fourth-order valence-corrected chi connectivity index (χ4v) is 3.68. The molecule has 1 aromatic heterocycles. The van der Waals surface area contributed by atoms with Gasteiger partial charge in [0.1, 0.15) is 17.4 Å². The zero-order valence-electron chi connectivity index (χ0n) is 15.7. The second-order valence-electron chi connectivity index (χ2n) is 7.12. The summed E-state index contributed by atoms with van der Waals surface area (Å²) in [5.41, 5.74) is 0.659. The van der Waals surface area contributed by atoms with Crippen molar-refractivity contribution in [3.8, 4) is 6.07 Å². The number of amides is 1. The highest BCUT2D eigenvalue weighted by Crippen LogP contribution is 2.38. The van der Waals surface area contributed by atoms with E-state index in [4.69, 9.17) is 4.74 Å². The van der Waals surface area contributed by atoms with Crippen molar-refractivity contribution in [3.05, 3.63) is 39.9 Å². The molecule has 0 radical (unpaired) electrons. The SMILES string of the molecule is CCOC(=O)N1CCN(c2cc3c(cc2F)c(=O)c(C#N)cn3C2CC2)CC1. The summed E-state index contributed by atoms with van der Waals surface area (Å²) in [4.78, 5) is 27.8. The summed E-state index contributed by atoms with van der Waals surface area (Å²) in [6, 6.07) is 5.10. The second kappa shape index (κ2) is 7.15. The van der Waals surface area contributed by atoms with Crippen LogP contribution in [-0.4, -0.2) is 48.3 Å². The molecule has 0 spiro atoms. The lowest BCUT2D eigenvalue weighted by Crippen LogP contribution is -2.49. The highest BCUT2D eigenvalue weighted by Gasteiger charge is 2.28. The minimum atomic E-state index is -0.494. The van der Waals surface area contributed by atoms with Crippen molar-refractivity contribution in [2.45, 2.75) is 25.8 Å². The van der Waals surface area contributed by atoms with Gasteiger partial charge in [-0.2, -0.15) is 5.26 Å². The van der Waals surface area contributed by atoms with Gasteiger partial charge in [-0.05, 0) is 31.9 Å². The standard InChI is InChI=1S/C20H21FN4O3/c1-2-28-20(27)24-7-5-23(6-8-24)18-10-17-15(9-16(18)21)19(26)13(11-22)12-25(17)14-3-4-14/h9-10,12,14H,2-8H2,1H3. The Morgan fingerprint density at radius 2 is 2.00 bits per heavy atom. The average Bonchev–Trinajstić information content (AvgIpc) is 3.54. The van der Waals surface area contributed by atoms with E-state index in [1.54, 1.807) is 24.1 Å². The first kappa shape index (κ1) is 18.3. The molecule has 8 heteroatoms. The largest absolute Gasteiger partial charge is 0.450 e. The molecule has 1 aliphatic carbocycles. The Balaban J connectivity index is 1.69. The minimum Gasteiger partial charge on any atom is -0.450 e. The van der Waals surface area contributed by atoms with Gasteiger partial charge in [-0.3, -0.25) is 4.79 Å². The van der Waals surface area contributed by atoms with Gasteiger partial charge >= 0.3 is 6.09 Å². The first-order valence-electron chi connectivity index (χ1n) is 9.48. The van der Waals surface area contributed by atoms with Crippen molar-refractivity contribution in [2.75, 3.05) is 37.7 Å². The molecule has 2 fully saturated rings. The Hall–Kier alpha value is -3.08. The number of nitriles is 1. The van der Waals surface area contributed by atoms with E-state index in [2.05, 4.69) is 0 Å². The molecule has 2 aromatic rings. The van der Waals surface area contributed by atoms with Gasteiger partial charge in [0.25, 0.3) is 0 Å². The predicted molar refractivity (Wildman–Crippen MR) is 102 cm³/mol. The number of halogens is 1. The number of ether oxygens (including phenoxy) is 1. The van der Waals surface area contributed by atoms with Crippen molar-refractivity contribution in [3.63, 3.8) is 0 Å². The highest BCUT2D eigenvalue weighted by molar-refractivity contribution is 5.84. The number of pyridine rings is 1. The van der Waals surface area contributed by atoms with E-state index in [0.717, 1.165) is 12.8 Å². The molecule has 1 aliphatic heterocycles. The molecular weight excluding hydrogens is 363 g/mol. The quantitative estimate of drug-likeness (QED) is 0.813. The number of hydrogen-bond acceptors (Lipinski definition) is 5. The first-order valence-corrected chi connectivity index (χ1v) is 9.48. The molecule has 0 bridgehead atoms. The normalized spacial score (nSPS) is 16.9. The number of fused-ring (bicyclic) bond motifs is 1. The van der Waals surface area contributed by atoms with Gasteiger partial charge in [-0.25, -0.2) is 9.18 Å². The zero-order valence-corrected chi connectivity index (χ0v) is 15.7. The number of nitrogens with zero attached hydrogens (tertiary/aromatic N) is 4. The first-order chi connectivity index (χ1) is 13.5. The Bertz CT molecular complexity index is 1030. The molecule has 7 nitrogen and oxygen atoms in total. The van der Waals surface area contributed by atoms with E-state index in [9.17, 15) is 19.2 Å². The van der Waals surface area contributed by atoms with Gasteiger partial charge < -0.3 is 19.1 Å². The Morgan fingerprint density at radius 1 is 1.29 bits per heavy atom. The summed E-state index contributed by atoms with van der Waals surface area (Å²) in [5.74, 6) is -0.494. The fraction of sp³-hybridized carbons (Fsp3) is 0.450. The molecular formula is C20H21FN4O3. The molecule has 0 atom stereocenters. The summed E-state index contributed by atoms with van der Waals surface area (Å²) in [6.45, 7) is 3.92. The maximum atomic E-state index is 14.9. The van der Waals surface area contributed by atoms with Gasteiger partial charge in [-0.15, -0.1) is 0 Å². The molecule has 1 saturated heterocycles. The molecule has 2 heterocycles.